The first-order valence-electron chi connectivity index (χ1n) is 3.44. The van der Waals surface area contributed by atoms with Gasteiger partial charge in [0.25, 0.3) is 0 Å². The fourth-order valence-corrected chi connectivity index (χ4v) is 1.19. The lowest BCUT2D eigenvalue weighted by molar-refractivity contribution is 0.410. The molecule has 12 heavy (non-hydrogen) atoms. The van der Waals surface area contributed by atoms with E-state index in [9.17, 15) is 0 Å². The van der Waals surface area contributed by atoms with E-state index < -0.39 is 0 Å². The largest absolute Gasteiger partial charge is 0.496 e. The lowest BCUT2D eigenvalue weighted by atomic mass is 10.2. The molecule has 1 rings (SSSR count). The van der Waals surface area contributed by atoms with Crippen LogP contribution in [-0.2, 0) is 6.54 Å². The van der Waals surface area contributed by atoms with Crippen LogP contribution in [-0.4, -0.2) is 7.11 Å². The number of methoxy groups -OCH3 is 1. The van der Waals surface area contributed by atoms with Gasteiger partial charge in [-0.05, 0) is 12.1 Å². The second-order valence-electron chi connectivity index (χ2n) is 2.24. The van der Waals surface area contributed by atoms with E-state index in [1.807, 2.05) is 0 Å². The summed E-state index contributed by atoms with van der Waals surface area (Å²) >= 11 is 5.86. The van der Waals surface area contributed by atoms with Gasteiger partial charge in [-0.25, -0.2) is 6.57 Å². The van der Waals surface area contributed by atoms with Crippen molar-refractivity contribution < 1.29 is 4.74 Å². The van der Waals surface area contributed by atoms with E-state index >= 15 is 0 Å². The van der Waals surface area contributed by atoms with Crippen molar-refractivity contribution in [1.29, 1.82) is 0 Å². The molecule has 0 heterocycles. The molecule has 2 nitrogen and oxygen atoms in total. The SMILES string of the molecule is [C-]#[N+]Cc1c(Cl)cccc1OC. The Morgan fingerprint density at radius 1 is 1.58 bits per heavy atom. The molecule has 1 aromatic carbocycles. The van der Waals surface area contributed by atoms with Crippen molar-refractivity contribution in [3.05, 3.63) is 40.2 Å². The Balaban J connectivity index is 3.12. The van der Waals surface area contributed by atoms with Gasteiger partial charge in [0.05, 0.1) is 17.7 Å². The van der Waals surface area contributed by atoms with Gasteiger partial charge < -0.3 is 9.58 Å². The van der Waals surface area contributed by atoms with Crippen molar-refractivity contribution in [2.75, 3.05) is 7.11 Å². The number of hydrogen-bond donors (Lipinski definition) is 0. The summed E-state index contributed by atoms with van der Waals surface area (Å²) in [5.41, 5.74) is 0.761. The minimum Gasteiger partial charge on any atom is -0.496 e. The van der Waals surface area contributed by atoms with E-state index in [4.69, 9.17) is 22.9 Å². The van der Waals surface area contributed by atoms with E-state index in [2.05, 4.69) is 4.85 Å². The molecule has 62 valence electrons. The summed E-state index contributed by atoms with van der Waals surface area (Å²) in [4.78, 5) is 3.26. The molecule has 0 aliphatic carbocycles. The van der Waals surface area contributed by atoms with Crippen molar-refractivity contribution in [1.82, 2.24) is 0 Å². The third kappa shape index (κ3) is 1.69. The zero-order chi connectivity index (χ0) is 8.97. The summed E-state index contributed by atoms with van der Waals surface area (Å²) in [6.07, 6.45) is 0. The Bertz CT molecular complexity index is 317. The molecule has 0 spiro atoms. The Morgan fingerprint density at radius 3 is 2.92 bits per heavy atom. The number of halogens is 1. The molecule has 0 aromatic heterocycles. The molecule has 0 amide bonds. The van der Waals surface area contributed by atoms with Crippen LogP contribution in [0.5, 0.6) is 5.75 Å². The van der Waals surface area contributed by atoms with Crippen molar-refractivity contribution >= 4 is 11.6 Å². The van der Waals surface area contributed by atoms with E-state index in [1.54, 1.807) is 25.3 Å². The highest BCUT2D eigenvalue weighted by Gasteiger charge is 2.08. The number of benzene rings is 1. The number of nitrogens with zero attached hydrogens (tertiary/aromatic N) is 1. The van der Waals surface area contributed by atoms with Gasteiger partial charge in [0.1, 0.15) is 5.75 Å². The molecule has 0 unspecified atom stereocenters. The minimum atomic E-state index is 0.267. The van der Waals surface area contributed by atoms with Crippen molar-refractivity contribution in [2.24, 2.45) is 0 Å². The molecular formula is C9H8ClNO. The van der Waals surface area contributed by atoms with Gasteiger partial charge in [0, 0.05) is 0 Å². The third-order valence-electron chi connectivity index (χ3n) is 1.53. The predicted octanol–water partition coefficient (Wildman–Crippen LogP) is 2.77. The molecule has 0 fully saturated rings. The van der Waals surface area contributed by atoms with Crippen LogP contribution in [0.25, 0.3) is 4.85 Å². The fraction of sp³-hybridized carbons (Fsp3) is 0.222. The number of rotatable bonds is 2. The minimum absolute atomic E-state index is 0.267. The summed E-state index contributed by atoms with van der Waals surface area (Å²) in [5, 5.41) is 0.588. The highest BCUT2D eigenvalue weighted by molar-refractivity contribution is 6.31. The maximum absolute atomic E-state index is 6.72. The van der Waals surface area contributed by atoms with Gasteiger partial charge >= 0.3 is 0 Å². The van der Waals surface area contributed by atoms with Gasteiger partial charge in [-0.15, -0.1) is 0 Å². The van der Waals surface area contributed by atoms with Crippen LogP contribution in [0.2, 0.25) is 5.02 Å². The molecule has 0 aliphatic heterocycles. The normalized spacial score (nSPS) is 9.08. The molecule has 0 atom stereocenters. The molecule has 0 saturated heterocycles. The summed E-state index contributed by atoms with van der Waals surface area (Å²) < 4.78 is 5.05. The zero-order valence-electron chi connectivity index (χ0n) is 6.67. The van der Waals surface area contributed by atoms with Crippen LogP contribution in [0.1, 0.15) is 5.56 Å². The topological polar surface area (TPSA) is 13.6 Å². The highest BCUT2D eigenvalue weighted by atomic mass is 35.5. The van der Waals surface area contributed by atoms with E-state index in [0.717, 1.165) is 5.56 Å². The number of hydrogen-bond acceptors (Lipinski definition) is 1. The number of ether oxygens (including phenoxy) is 1. The summed E-state index contributed by atoms with van der Waals surface area (Å²) in [7, 11) is 1.57. The van der Waals surface area contributed by atoms with E-state index in [1.165, 1.54) is 0 Å². The molecule has 3 heteroatoms. The lowest BCUT2D eigenvalue weighted by Gasteiger charge is -2.04. The Hall–Kier alpha value is -1.20. The monoisotopic (exact) mass is 181 g/mol. The predicted molar refractivity (Wildman–Crippen MR) is 48.3 cm³/mol. The first kappa shape index (κ1) is 8.89. The average Bonchev–Trinajstić information content (AvgIpc) is 2.09. The molecule has 0 aliphatic rings. The standard InChI is InChI=1S/C9H8ClNO/c1-11-6-7-8(10)4-3-5-9(7)12-2/h3-5H,6H2,2H3. The molecule has 1 aromatic rings. The zero-order valence-corrected chi connectivity index (χ0v) is 7.43. The molecule has 0 bridgehead atoms. The average molecular weight is 182 g/mol. The smallest absolute Gasteiger partial charge is 0.244 e. The second kappa shape index (κ2) is 3.99. The second-order valence-corrected chi connectivity index (χ2v) is 2.64. The maximum Gasteiger partial charge on any atom is 0.244 e. The van der Waals surface area contributed by atoms with Gasteiger partial charge in [-0.2, -0.15) is 0 Å². The van der Waals surface area contributed by atoms with Crippen LogP contribution in [0.4, 0.5) is 0 Å². The lowest BCUT2D eigenvalue weighted by Crippen LogP contribution is -1.90. The molecule has 0 saturated carbocycles. The van der Waals surface area contributed by atoms with E-state index in [0.29, 0.717) is 10.8 Å². The first-order chi connectivity index (χ1) is 5.79. The van der Waals surface area contributed by atoms with Crippen LogP contribution in [0, 0.1) is 6.57 Å². The van der Waals surface area contributed by atoms with Crippen molar-refractivity contribution in [3.8, 4) is 5.75 Å². The first-order valence-corrected chi connectivity index (χ1v) is 3.82. The van der Waals surface area contributed by atoms with E-state index in [-0.39, 0.29) is 6.54 Å². The van der Waals surface area contributed by atoms with Crippen molar-refractivity contribution in [3.63, 3.8) is 0 Å². The van der Waals surface area contributed by atoms with Gasteiger partial charge in [0.2, 0.25) is 6.54 Å². The summed E-state index contributed by atoms with van der Waals surface area (Å²) in [5.74, 6) is 0.679. The maximum atomic E-state index is 6.72. The van der Waals surface area contributed by atoms with Crippen LogP contribution >= 0.6 is 11.6 Å². The van der Waals surface area contributed by atoms with Gasteiger partial charge in [-0.3, -0.25) is 0 Å². The van der Waals surface area contributed by atoms with Crippen LogP contribution in [0.3, 0.4) is 0 Å². The fourth-order valence-electron chi connectivity index (χ4n) is 0.963. The third-order valence-corrected chi connectivity index (χ3v) is 1.89. The van der Waals surface area contributed by atoms with Gasteiger partial charge in [0.15, 0.2) is 0 Å². The Morgan fingerprint density at radius 2 is 2.33 bits per heavy atom. The summed E-state index contributed by atoms with van der Waals surface area (Å²) in [6.45, 7) is 6.99. The Kier molecular flexibility index (Phi) is 2.95. The summed E-state index contributed by atoms with van der Waals surface area (Å²) in [6, 6.07) is 5.35. The molecule has 0 radical (unpaired) electrons. The van der Waals surface area contributed by atoms with Gasteiger partial charge in [-0.1, -0.05) is 17.7 Å². The quantitative estimate of drug-likeness (QED) is 0.640. The molecule has 0 N–H and O–H groups in total. The van der Waals surface area contributed by atoms with Crippen LogP contribution in [0.15, 0.2) is 18.2 Å². The highest BCUT2D eigenvalue weighted by Crippen LogP contribution is 2.26. The van der Waals surface area contributed by atoms with Crippen molar-refractivity contribution in [2.45, 2.75) is 6.54 Å². The van der Waals surface area contributed by atoms with Crippen LogP contribution < -0.4 is 4.74 Å². The molecular weight excluding hydrogens is 174 g/mol. The Labute approximate surface area is 76.5 Å².